The normalized spacial score (nSPS) is 23.3. The average molecular weight is 384 g/mol. The van der Waals surface area contributed by atoms with Crippen LogP contribution in [0.1, 0.15) is 32.3 Å². The fourth-order valence-electron chi connectivity index (χ4n) is 2.91. The Labute approximate surface area is 154 Å². The molecule has 1 amide bonds. The Morgan fingerprint density at radius 3 is 2.64 bits per heavy atom. The Balaban J connectivity index is 2.09. The Bertz CT molecular complexity index is 819. The number of benzene rings is 1. The Hall–Kier alpha value is -2.05. The molecule has 0 aliphatic carbocycles. The maximum atomic E-state index is 13.0. The smallest absolute Gasteiger partial charge is 0.308 e. The summed E-state index contributed by atoms with van der Waals surface area (Å²) in [6.45, 7) is 3.06. The van der Waals surface area contributed by atoms with Crippen molar-refractivity contribution in [2.45, 2.75) is 32.3 Å². The summed E-state index contributed by atoms with van der Waals surface area (Å²) < 4.78 is 10.9. The number of carbonyl (C=O) groups excluding carboxylic acids is 3. The number of nitrogens with zero attached hydrogens (tertiary/aromatic N) is 1. The van der Waals surface area contributed by atoms with Gasteiger partial charge in [-0.2, -0.15) is 0 Å². The van der Waals surface area contributed by atoms with Crippen LogP contribution in [-0.2, 0) is 29.5 Å². The van der Waals surface area contributed by atoms with Gasteiger partial charge in [-0.25, -0.2) is 0 Å². The maximum Gasteiger partial charge on any atom is 0.308 e. The van der Waals surface area contributed by atoms with Crippen LogP contribution < -0.4 is 0 Å². The highest BCUT2D eigenvalue weighted by Gasteiger charge is 2.52. The van der Waals surface area contributed by atoms with Gasteiger partial charge in [-0.1, -0.05) is 23.2 Å². The molecule has 0 saturated carbocycles. The van der Waals surface area contributed by atoms with Gasteiger partial charge in [-0.3, -0.25) is 19.3 Å². The largest absolute Gasteiger partial charge is 0.456 e. The molecule has 3 rings (SSSR count). The van der Waals surface area contributed by atoms with Crippen LogP contribution in [0.5, 0.6) is 0 Å². The van der Waals surface area contributed by atoms with Crippen LogP contribution in [0.15, 0.2) is 29.8 Å². The van der Waals surface area contributed by atoms with Crippen LogP contribution >= 0.6 is 23.2 Å². The third-order valence-corrected chi connectivity index (χ3v) is 4.71. The molecular weight excluding hydrogens is 369 g/mol. The molecule has 25 heavy (non-hydrogen) atoms. The van der Waals surface area contributed by atoms with E-state index < -0.39 is 17.4 Å². The molecule has 0 N–H and O–H groups in total. The van der Waals surface area contributed by atoms with E-state index in [9.17, 15) is 14.4 Å². The van der Waals surface area contributed by atoms with Crippen molar-refractivity contribution in [1.82, 2.24) is 4.90 Å². The molecule has 2 aliphatic rings. The van der Waals surface area contributed by atoms with Gasteiger partial charge in [0.2, 0.25) is 23.2 Å². The fourth-order valence-corrected chi connectivity index (χ4v) is 3.38. The summed E-state index contributed by atoms with van der Waals surface area (Å²) in [4.78, 5) is 37.8. The molecule has 1 unspecified atom stereocenters. The summed E-state index contributed by atoms with van der Waals surface area (Å²) in [6, 6.07) is 4.65. The van der Waals surface area contributed by atoms with Crippen molar-refractivity contribution >= 4 is 40.9 Å². The average Bonchev–Trinajstić information content (AvgIpc) is 3.06. The third-order valence-electron chi connectivity index (χ3n) is 4.14. The molecule has 0 spiro atoms. The second-order valence-electron chi connectivity index (χ2n) is 5.97. The van der Waals surface area contributed by atoms with Gasteiger partial charge in [0.25, 0.3) is 5.78 Å². The molecule has 2 aliphatic heterocycles. The lowest BCUT2D eigenvalue weighted by Gasteiger charge is -2.26. The van der Waals surface area contributed by atoms with E-state index in [1.165, 1.54) is 24.8 Å². The van der Waals surface area contributed by atoms with Crippen LogP contribution in [0.25, 0.3) is 0 Å². The molecule has 6 nitrogen and oxygen atoms in total. The second-order valence-corrected chi connectivity index (χ2v) is 6.81. The summed E-state index contributed by atoms with van der Waals surface area (Å²) in [5.41, 5.74) is -1.22. The number of halogens is 2. The van der Waals surface area contributed by atoms with Crippen molar-refractivity contribution in [2.75, 3.05) is 6.54 Å². The first-order valence-corrected chi connectivity index (χ1v) is 8.42. The predicted molar refractivity (Wildman–Crippen MR) is 89.6 cm³/mol. The summed E-state index contributed by atoms with van der Waals surface area (Å²) in [6.07, 6.45) is 0.963. The van der Waals surface area contributed by atoms with Gasteiger partial charge in [0, 0.05) is 35.5 Å². The van der Waals surface area contributed by atoms with E-state index in [0.717, 1.165) is 0 Å². The first kappa shape index (κ1) is 17.8. The van der Waals surface area contributed by atoms with E-state index in [1.807, 2.05) is 0 Å². The van der Waals surface area contributed by atoms with E-state index in [-0.39, 0.29) is 22.6 Å². The number of hydrogen-bond acceptors (Lipinski definition) is 5. The molecule has 1 fully saturated rings. The first-order valence-electron chi connectivity index (χ1n) is 7.66. The Morgan fingerprint density at radius 1 is 1.32 bits per heavy atom. The highest BCUT2D eigenvalue weighted by Crippen LogP contribution is 2.44. The zero-order valence-corrected chi connectivity index (χ0v) is 15.1. The van der Waals surface area contributed by atoms with Gasteiger partial charge in [-0.05, 0) is 31.5 Å². The standard InChI is InChI=1S/C17H15Cl2NO5/c1-9(21)24-14-15(23)17(2,11-8-10(18)5-6-12(11)19)25-16(14)20-7-3-4-13(20)22/h5-6,8H,3-4,7H2,1-2H3. The van der Waals surface area contributed by atoms with Crippen LogP contribution in [-0.4, -0.2) is 29.1 Å². The molecule has 132 valence electrons. The number of esters is 1. The van der Waals surface area contributed by atoms with Crippen molar-refractivity contribution in [3.8, 4) is 0 Å². The van der Waals surface area contributed by atoms with E-state index >= 15 is 0 Å². The minimum atomic E-state index is -1.55. The first-order chi connectivity index (χ1) is 11.7. The maximum absolute atomic E-state index is 13.0. The van der Waals surface area contributed by atoms with Crippen molar-refractivity contribution in [2.24, 2.45) is 0 Å². The lowest BCUT2D eigenvalue weighted by molar-refractivity contribution is -0.142. The van der Waals surface area contributed by atoms with Gasteiger partial charge < -0.3 is 9.47 Å². The Morgan fingerprint density at radius 2 is 2.04 bits per heavy atom. The van der Waals surface area contributed by atoms with Gasteiger partial charge in [0.1, 0.15) is 0 Å². The van der Waals surface area contributed by atoms with Crippen molar-refractivity contribution < 1.29 is 23.9 Å². The van der Waals surface area contributed by atoms with Crippen LogP contribution in [0, 0.1) is 0 Å². The quantitative estimate of drug-likeness (QED) is 0.749. The van der Waals surface area contributed by atoms with E-state index in [4.69, 9.17) is 32.7 Å². The molecule has 1 aromatic rings. The predicted octanol–water partition coefficient (Wildman–Crippen LogP) is 3.16. The summed E-state index contributed by atoms with van der Waals surface area (Å²) >= 11 is 12.2. The number of carbonyl (C=O) groups is 3. The van der Waals surface area contributed by atoms with Crippen LogP contribution in [0.3, 0.4) is 0 Å². The molecule has 8 heteroatoms. The van der Waals surface area contributed by atoms with Gasteiger partial charge in [0.05, 0.1) is 0 Å². The highest BCUT2D eigenvalue weighted by molar-refractivity contribution is 6.34. The lowest BCUT2D eigenvalue weighted by atomic mass is 9.91. The SMILES string of the molecule is CC(=O)OC1=C(N2CCCC2=O)OC(C)(c2cc(Cl)ccc2Cl)C1=O. The monoisotopic (exact) mass is 383 g/mol. The van der Waals surface area contributed by atoms with Gasteiger partial charge in [0.15, 0.2) is 0 Å². The number of likely N-dealkylation sites (tertiary alicyclic amines) is 1. The number of hydrogen-bond donors (Lipinski definition) is 0. The topological polar surface area (TPSA) is 72.9 Å². The number of Topliss-reactive ketones (excluding diaryl/α,β-unsaturated/α-hetero) is 1. The summed E-state index contributed by atoms with van der Waals surface area (Å²) in [5.74, 6) is -1.82. The lowest BCUT2D eigenvalue weighted by Crippen LogP contribution is -2.33. The molecule has 0 radical (unpaired) electrons. The molecule has 1 saturated heterocycles. The van der Waals surface area contributed by atoms with E-state index in [1.54, 1.807) is 12.1 Å². The zero-order chi connectivity index (χ0) is 18.4. The minimum Gasteiger partial charge on any atom is -0.456 e. The molecule has 2 heterocycles. The molecule has 1 aromatic carbocycles. The summed E-state index contributed by atoms with van der Waals surface area (Å²) in [5, 5.41) is 0.646. The van der Waals surface area contributed by atoms with Gasteiger partial charge >= 0.3 is 5.97 Å². The highest BCUT2D eigenvalue weighted by atomic mass is 35.5. The van der Waals surface area contributed by atoms with Crippen LogP contribution in [0.2, 0.25) is 10.0 Å². The molecule has 0 bridgehead atoms. The number of amides is 1. The van der Waals surface area contributed by atoms with Crippen molar-refractivity contribution in [3.63, 3.8) is 0 Å². The third kappa shape index (κ3) is 3.00. The number of ketones is 1. The zero-order valence-electron chi connectivity index (χ0n) is 13.6. The van der Waals surface area contributed by atoms with Crippen molar-refractivity contribution in [1.29, 1.82) is 0 Å². The number of ether oxygens (including phenoxy) is 2. The molecular formula is C17H15Cl2NO5. The molecule has 1 atom stereocenters. The van der Waals surface area contributed by atoms with Crippen LogP contribution in [0.4, 0.5) is 0 Å². The van der Waals surface area contributed by atoms with E-state index in [0.29, 0.717) is 30.0 Å². The summed E-state index contributed by atoms with van der Waals surface area (Å²) in [7, 11) is 0. The van der Waals surface area contributed by atoms with E-state index in [2.05, 4.69) is 0 Å². The number of rotatable bonds is 3. The fraction of sp³-hybridized carbons (Fsp3) is 0.353. The second kappa shape index (κ2) is 6.35. The van der Waals surface area contributed by atoms with Crippen molar-refractivity contribution in [3.05, 3.63) is 45.5 Å². The Kier molecular flexibility index (Phi) is 4.51. The van der Waals surface area contributed by atoms with Gasteiger partial charge in [-0.15, -0.1) is 0 Å². The molecule has 0 aromatic heterocycles. The minimum absolute atomic E-state index is 0.0544.